The molecule has 0 atom stereocenters. The third-order valence-corrected chi connectivity index (χ3v) is 0.129. The van der Waals surface area contributed by atoms with Gasteiger partial charge in [-0.2, -0.15) is 0 Å². The topological polar surface area (TPSA) is 46.2 Å². The summed E-state index contributed by atoms with van der Waals surface area (Å²) in [4.78, 5) is 0. The molecule has 0 saturated carbocycles. The molecule has 0 aromatic rings. The fraction of sp³-hybridized carbons (Fsp3) is 1.00. The van der Waals surface area contributed by atoms with Gasteiger partial charge >= 0.3 is 51.4 Å². The van der Waals surface area contributed by atoms with Crippen LogP contribution < -0.4 is 5.73 Å². The van der Waals surface area contributed by atoms with Crippen molar-refractivity contribution in [1.82, 2.24) is 0 Å². The van der Waals surface area contributed by atoms with Crippen LogP contribution in [0.1, 0.15) is 0 Å². The number of rotatable bonds is 1. The third kappa shape index (κ3) is 10.8. The SMILES string of the molecule is NCCO.[KH]. The van der Waals surface area contributed by atoms with Crippen LogP contribution in [0.15, 0.2) is 0 Å². The van der Waals surface area contributed by atoms with Crippen LogP contribution in [0.25, 0.3) is 0 Å². The molecular formula is C2H8KNO. The Bertz CT molecular complexity index is 11.6. The van der Waals surface area contributed by atoms with Crippen molar-refractivity contribution in [2.45, 2.75) is 0 Å². The molecule has 0 unspecified atom stereocenters. The van der Waals surface area contributed by atoms with Gasteiger partial charge in [0.2, 0.25) is 0 Å². The van der Waals surface area contributed by atoms with E-state index in [0.29, 0.717) is 6.54 Å². The van der Waals surface area contributed by atoms with E-state index in [0.717, 1.165) is 0 Å². The first-order valence-corrected chi connectivity index (χ1v) is 1.22. The zero-order valence-corrected chi connectivity index (χ0v) is 2.44. The Kier molecular flexibility index (Phi) is 17.8. The van der Waals surface area contributed by atoms with E-state index in [1.54, 1.807) is 0 Å². The predicted octanol–water partition coefficient (Wildman–Crippen LogP) is -1.71. The van der Waals surface area contributed by atoms with Crippen LogP contribution in [0.3, 0.4) is 0 Å². The van der Waals surface area contributed by atoms with E-state index in [1.807, 2.05) is 0 Å². The van der Waals surface area contributed by atoms with Crippen molar-refractivity contribution >= 4 is 51.4 Å². The van der Waals surface area contributed by atoms with Gasteiger partial charge in [0.15, 0.2) is 0 Å². The number of aliphatic hydroxyl groups is 1. The zero-order chi connectivity index (χ0) is 3.41. The van der Waals surface area contributed by atoms with Crippen molar-refractivity contribution in [1.29, 1.82) is 0 Å². The van der Waals surface area contributed by atoms with Gasteiger partial charge in [-0.15, -0.1) is 0 Å². The molecule has 0 rings (SSSR count). The molecule has 0 aliphatic carbocycles. The van der Waals surface area contributed by atoms with Crippen LogP contribution >= 0.6 is 0 Å². The minimum absolute atomic E-state index is 0. The summed E-state index contributed by atoms with van der Waals surface area (Å²) in [6, 6.07) is 0. The summed E-state index contributed by atoms with van der Waals surface area (Å²) in [6.45, 7) is 0.472. The summed E-state index contributed by atoms with van der Waals surface area (Å²) in [7, 11) is 0. The molecule has 2 nitrogen and oxygen atoms in total. The molecular weight excluding hydrogens is 93.1 g/mol. The standard InChI is InChI=1S/C2H7NO.K.H/c3-1-2-4;;/h4H,1-3H2;;. The van der Waals surface area contributed by atoms with Gasteiger partial charge in [0.25, 0.3) is 0 Å². The van der Waals surface area contributed by atoms with Gasteiger partial charge in [-0.3, -0.25) is 0 Å². The molecule has 0 fully saturated rings. The zero-order valence-electron chi connectivity index (χ0n) is 2.44. The maximum atomic E-state index is 7.75. The summed E-state index contributed by atoms with van der Waals surface area (Å²) >= 11 is 0. The van der Waals surface area contributed by atoms with Gasteiger partial charge in [-0.25, -0.2) is 0 Å². The Morgan fingerprint density at radius 1 is 1.60 bits per heavy atom. The Balaban J connectivity index is 0. The molecule has 3 heteroatoms. The Morgan fingerprint density at radius 3 is 1.80 bits per heavy atom. The van der Waals surface area contributed by atoms with E-state index in [9.17, 15) is 0 Å². The van der Waals surface area contributed by atoms with Crippen molar-refractivity contribution in [2.24, 2.45) is 5.73 Å². The molecule has 0 bridgehead atoms. The first kappa shape index (κ1) is 9.75. The molecule has 5 heavy (non-hydrogen) atoms. The summed E-state index contributed by atoms with van der Waals surface area (Å²) in [6.07, 6.45) is 0. The van der Waals surface area contributed by atoms with Crippen LogP contribution in [-0.2, 0) is 0 Å². The molecule has 0 aromatic carbocycles. The van der Waals surface area contributed by atoms with Gasteiger partial charge in [-0.1, -0.05) is 0 Å². The quantitative estimate of drug-likeness (QED) is 0.386. The van der Waals surface area contributed by atoms with Crippen molar-refractivity contribution in [3.8, 4) is 0 Å². The maximum absolute atomic E-state index is 7.75. The second-order valence-corrected chi connectivity index (χ2v) is 0.512. The molecule has 0 aliphatic heterocycles. The average molecular weight is 101 g/mol. The van der Waals surface area contributed by atoms with Crippen LogP contribution in [0.5, 0.6) is 0 Å². The molecule has 3 N–H and O–H groups in total. The van der Waals surface area contributed by atoms with Gasteiger partial charge in [0.1, 0.15) is 0 Å². The fourth-order valence-electron chi connectivity index (χ4n) is 0. The number of nitrogens with two attached hydrogens (primary N) is 1. The van der Waals surface area contributed by atoms with Crippen molar-refractivity contribution in [3.05, 3.63) is 0 Å². The molecule has 28 valence electrons. The van der Waals surface area contributed by atoms with Crippen molar-refractivity contribution in [3.63, 3.8) is 0 Å². The molecule has 0 spiro atoms. The molecule has 0 radical (unpaired) electrons. The average Bonchev–Trinajstić information content (AvgIpc) is 1.37. The predicted molar refractivity (Wildman–Crippen MR) is 23.3 cm³/mol. The van der Waals surface area contributed by atoms with Gasteiger partial charge < -0.3 is 10.8 Å². The molecule has 0 aromatic heterocycles. The van der Waals surface area contributed by atoms with E-state index in [4.69, 9.17) is 10.8 Å². The number of aliphatic hydroxyl groups excluding tert-OH is 1. The van der Waals surface area contributed by atoms with Gasteiger partial charge in [-0.05, 0) is 0 Å². The second kappa shape index (κ2) is 9.12. The van der Waals surface area contributed by atoms with Crippen molar-refractivity contribution < 1.29 is 5.11 Å². The monoisotopic (exact) mass is 101 g/mol. The van der Waals surface area contributed by atoms with Crippen molar-refractivity contribution in [2.75, 3.05) is 13.2 Å². The van der Waals surface area contributed by atoms with Crippen LogP contribution in [0.2, 0.25) is 0 Å². The summed E-state index contributed by atoms with van der Waals surface area (Å²) in [5.74, 6) is 0. The first-order chi connectivity index (χ1) is 1.91. The first-order valence-electron chi connectivity index (χ1n) is 1.22. The van der Waals surface area contributed by atoms with E-state index >= 15 is 0 Å². The number of hydrogen-bond acceptors (Lipinski definition) is 2. The Morgan fingerprint density at radius 2 is 1.80 bits per heavy atom. The normalized spacial score (nSPS) is 6.00. The Labute approximate surface area is 74.2 Å². The van der Waals surface area contributed by atoms with Crippen LogP contribution in [0, 0.1) is 0 Å². The van der Waals surface area contributed by atoms with Crippen LogP contribution in [-0.4, -0.2) is 69.6 Å². The second-order valence-electron chi connectivity index (χ2n) is 0.512. The van der Waals surface area contributed by atoms with E-state index in [-0.39, 0.29) is 58.0 Å². The summed E-state index contributed by atoms with van der Waals surface area (Å²) < 4.78 is 0. The van der Waals surface area contributed by atoms with E-state index in [2.05, 4.69) is 0 Å². The number of hydrogen-bond donors (Lipinski definition) is 2. The van der Waals surface area contributed by atoms with E-state index < -0.39 is 0 Å². The van der Waals surface area contributed by atoms with Gasteiger partial charge in [0, 0.05) is 6.54 Å². The fourth-order valence-corrected chi connectivity index (χ4v) is 0. The molecule has 0 saturated heterocycles. The molecule has 0 aliphatic rings. The summed E-state index contributed by atoms with van der Waals surface area (Å²) in [5, 5.41) is 7.75. The molecule has 0 amide bonds. The minimum atomic E-state index is 0. The summed E-state index contributed by atoms with van der Waals surface area (Å²) in [5.41, 5.74) is 4.78. The molecule has 0 heterocycles. The van der Waals surface area contributed by atoms with Crippen LogP contribution in [0.4, 0.5) is 0 Å². The van der Waals surface area contributed by atoms with Gasteiger partial charge in [0.05, 0.1) is 6.61 Å². The van der Waals surface area contributed by atoms with E-state index in [1.165, 1.54) is 0 Å². The Hall–Kier alpha value is 1.56. The third-order valence-electron chi connectivity index (χ3n) is 0.129.